The molecule has 2 N–H and O–H groups in total. The summed E-state index contributed by atoms with van der Waals surface area (Å²) >= 11 is 0. The Morgan fingerprint density at radius 1 is 0.895 bits per heavy atom. The summed E-state index contributed by atoms with van der Waals surface area (Å²) in [6.07, 6.45) is -4.40. The standard InChI is InChI=1S/C30H31F3N2O3/c1-29(2,3)22-12-9-20(10-13-22)17-34-25-16-24(25)21-11-14-23(26(15-21)38-28(37)30(31,32)33)27(36)35-18-19-7-5-4-6-8-19/h4-15,24-25,34H,16-18H2,1-3H3,(H,35,36). The summed E-state index contributed by atoms with van der Waals surface area (Å²) in [6, 6.07) is 22.1. The Kier molecular flexibility index (Phi) is 7.92. The van der Waals surface area contributed by atoms with E-state index in [4.69, 9.17) is 0 Å². The molecule has 0 bridgehead atoms. The Morgan fingerprint density at radius 2 is 1.55 bits per heavy atom. The predicted molar refractivity (Wildman–Crippen MR) is 139 cm³/mol. The Morgan fingerprint density at radius 3 is 2.18 bits per heavy atom. The summed E-state index contributed by atoms with van der Waals surface area (Å²) < 4.78 is 43.5. The fraction of sp³-hybridized carbons (Fsp3) is 0.333. The molecule has 2 unspecified atom stereocenters. The van der Waals surface area contributed by atoms with Crippen molar-refractivity contribution in [2.24, 2.45) is 0 Å². The van der Waals surface area contributed by atoms with Crippen molar-refractivity contribution in [1.29, 1.82) is 0 Å². The molecular formula is C30H31F3N2O3. The van der Waals surface area contributed by atoms with Crippen molar-refractivity contribution in [2.45, 2.75) is 63.8 Å². The highest BCUT2D eigenvalue weighted by Crippen LogP contribution is 2.43. The molecule has 0 radical (unpaired) electrons. The Labute approximate surface area is 220 Å². The molecular weight excluding hydrogens is 493 g/mol. The molecule has 3 aromatic carbocycles. The van der Waals surface area contributed by atoms with Crippen LogP contribution in [0.15, 0.2) is 72.8 Å². The van der Waals surface area contributed by atoms with Gasteiger partial charge in [0.25, 0.3) is 5.91 Å². The second kappa shape index (κ2) is 11.0. The number of carbonyl (C=O) groups is 2. The molecule has 1 amide bonds. The van der Waals surface area contributed by atoms with Crippen molar-refractivity contribution in [1.82, 2.24) is 10.6 Å². The first-order valence-corrected chi connectivity index (χ1v) is 12.5. The first-order chi connectivity index (χ1) is 17.9. The summed E-state index contributed by atoms with van der Waals surface area (Å²) in [7, 11) is 0. The summed E-state index contributed by atoms with van der Waals surface area (Å²) in [5, 5.41) is 6.14. The second-order valence-corrected chi connectivity index (χ2v) is 10.6. The molecule has 1 aliphatic carbocycles. The lowest BCUT2D eigenvalue weighted by Crippen LogP contribution is -2.30. The van der Waals surface area contributed by atoms with Crippen LogP contribution in [0.25, 0.3) is 0 Å². The monoisotopic (exact) mass is 524 g/mol. The molecule has 4 rings (SSSR count). The van der Waals surface area contributed by atoms with Gasteiger partial charge in [-0.1, -0.05) is 81.4 Å². The zero-order valence-electron chi connectivity index (χ0n) is 21.6. The van der Waals surface area contributed by atoms with E-state index in [0.29, 0.717) is 12.1 Å². The lowest BCUT2D eigenvalue weighted by molar-refractivity contribution is -0.189. The van der Waals surface area contributed by atoms with Gasteiger partial charge in [-0.3, -0.25) is 4.79 Å². The molecule has 38 heavy (non-hydrogen) atoms. The van der Waals surface area contributed by atoms with E-state index in [1.54, 1.807) is 6.07 Å². The predicted octanol–water partition coefficient (Wildman–Crippen LogP) is 6.03. The second-order valence-electron chi connectivity index (χ2n) is 10.6. The Bertz CT molecular complexity index is 1280. The molecule has 200 valence electrons. The third-order valence-electron chi connectivity index (χ3n) is 6.59. The van der Waals surface area contributed by atoms with Crippen LogP contribution in [0.2, 0.25) is 0 Å². The average molecular weight is 525 g/mol. The van der Waals surface area contributed by atoms with Crippen molar-refractivity contribution in [3.8, 4) is 5.75 Å². The van der Waals surface area contributed by atoms with Crippen LogP contribution in [0.1, 0.15) is 65.7 Å². The lowest BCUT2D eigenvalue weighted by atomic mass is 9.87. The molecule has 5 nitrogen and oxygen atoms in total. The molecule has 0 saturated heterocycles. The van der Waals surface area contributed by atoms with E-state index in [2.05, 4.69) is 60.4 Å². The largest absolute Gasteiger partial charge is 0.491 e. The van der Waals surface area contributed by atoms with Crippen molar-refractivity contribution in [2.75, 3.05) is 0 Å². The highest BCUT2D eigenvalue weighted by molar-refractivity contribution is 5.98. The third-order valence-corrected chi connectivity index (χ3v) is 6.59. The number of esters is 1. The van der Waals surface area contributed by atoms with Gasteiger partial charge < -0.3 is 15.4 Å². The summed E-state index contributed by atoms with van der Waals surface area (Å²) in [4.78, 5) is 24.4. The minimum absolute atomic E-state index is 0.0358. The van der Waals surface area contributed by atoms with Crippen molar-refractivity contribution < 1.29 is 27.5 Å². The number of benzene rings is 3. The van der Waals surface area contributed by atoms with Gasteiger partial charge in [-0.25, -0.2) is 4.79 Å². The van der Waals surface area contributed by atoms with E-state index < -0.39 is 23.8 Å². The van der Waals surface area contributed by atoms with E-state index in [1.165, 1.54) is 17.7 Å². The van der Waals surface area contributed by atoms with Gasteiger partial charge in [0.2, 0.25) is 0 Å². The van der Waals surface area contributed by atoms with Crippen molar-refractivity contribution in [3.63, 3.8) is 0 Å². The van der Waals surface area contributed by atoms with E-state index in [-0.39, 0.29) is 29.5 Å². The van der Waals surface area contributed by atoms with Crippen LogP contribution in [0.3, 0.4) is 0 Å². The highest BCUT2D eigenvalue weighted by atomic mass is 19.4. The molecule has 1 saturated carbocycles. The zero-order valence-corrected chi connectivity index (χ0v) is 21.6. The van der Waals surface area contributed by atoms with Crippen LogP contribution < -0.4 is 15.4 Å². The molecule has 1 aliphatic rings. The van der Waals surface area contributed by atoms with Gasteiger partial charge in [-0.05, 0) is 46.2 Å². The molecule has 1 fully saturated rings. The number of hydrogen-bond donors (Lipinski definition) is 2. The quantitative estimate of drug-likeness (QED) is 0.279. The maximum atomic E-state index is 12.9. The van der Waals surface area contributed by atoms with E-state index in [1.807, 2.05) is 30.3 Å². The minimum Gasteiger partial charge on any atom is -0.419 e. The fourth-order valence-electron chi connectivity index (χ4n) is 4.23. The van der Waals surface area contributed by atoms with Gasteiger partial charge in [-0.2, -0.15) is 13.2 Å². The van der Waals surface area contributed by atoms with Crippen LogP contribution >= 0.6 is 0 Å². The summed E-state index contributed by atoms with van der Waals surface area (Å²) in [5.41, 5.74) is 3.85. The number of rotatable bonds is 8. The SMILES string of the molecule is CC(C)(C)c1ccc(CNC2CC2c2ccc(C(=O)NCc3ccccc3)c(OC(=O)C(F)(F)F)c2)cc1. The lowest BCUT2D eigenvalue weighted by Gasteiger charge is -2.19. The number of amides is 1. The van der Waals surface area contributed by atoms with Crippen LogP contribution in [0, 0.1) is 0 Å². The summed E-state index contributed by atoms with van der Waals surface area (Å²) in [6.45, 7) is 7.31. The smallest absolute Gasteiger partial charge is 0.419 e. The molecule has 2 atom stereocenters. The number of ether oxygens (including phenoxy) is 1. The average Bonchev–Trinajstić information content (AvgIpc) is 3.65. The van der Waals surface area contributed by atoms with Crippen LogP contribution in [-0.2, 0) is 23.3 Å². The Hall–Kier alpha value is -3.65. The van der Waals surface area contributed by atoms with Crippen LogP contribution in [0.4, 0.5) is 13.2 Å². The first-order valence-electron chi connectivity index (χ1n) is 12.5. The zero-order chi connectivity index (χ0) is 27.5. The normalized spacial score (nSPS) is 17.1. The molecule has 0 heterocycles. The Balaban J connectivity index is 1.44. The molecule has 0 aromatic heterocycles. The molecule has 8 heteroatoms. The number of carbonyl (C=O) groups excluding carboxylic acids is 2. The van der Waals surface area contributed by atoms with E-state index in [9.17, 15) is 22.8 Å². The van der Waals surface area contributed by atoms with Gasteiger partial charge in [0.1, 0.15) is 5.75 Å². The van der Waals surface area contributed by atoms with Crippen molar-refractivity contribution >= 4 is 11.9 Å². The maximum Gasteiger partial charge on any atom is 0.491 e. The first kappa shape index (κ1) is 27.4. The van der Waals surface area contributed by atoms with Crippen LogP contribution in [0.5, 0.6) is 5.75 Å². The topological polar surface area (TPSA) is 67.4 Å². The summed E-state index contributed by atoms with van der Waals surface area (Å²) in [5.74, 6) is -3.36. The minimum atomic E-state index is -5.18. The number of alkyl halides is 3. The van der Waals surface area contributed by atoms with Gasteiger partial charge in [0.15, 0.2) is 0 Å². The number of halogens is 3. The highest BCUT2D eigenvalue weighted by Gasteiger charge is 2.43. The van der Waals surface area contributed by atoms with Crippen molar-refractivity contribution in [3.05, 3.63) is 101 Å². The van der Waals surface area contributed by atoms with Crippen LogP contribution in [-0.4, -0.2) is 24.1 Å². The number of nitrogens with one attached hydrogen (secondary N) is 2. The van der Waals surface area contributed by atoms with Gasteiger partial charge in [0.05, 0.1) is 5.56 Å². The third kappa shape index (κ3) is 7.01. The van der Waals surface area contributed by atoms with E-state index in [0.717, 1.165) is 17.5 Å². The van der Waals surface area contributed by atoms with Gasteiger partial charge in [0, 0.05) is 25.0 Å². The number of hydrogen-bond acceptors (Lipinski definition) is 4. The molecule has 0 aliphatic heterocycles. The molecule has 0 spiro atoms. The maximum absolute atomic E-state index is 12.9. The molecule has 3 aromatic rings. The van der Waals surface area contributed by atoms with Gasteiger partial charge >= 0.3 is 12.1 Å². The van der Waals surface area contributed by atoms with Gasteiger partial charge in [-0.15, -0.1) is 0 Å². The van der Waals surface area contributed by atoms with E-state index >= 15 is 0 Å². The fourth-order valence-corrected chi connectivity index (χ4v) is 4.23.